The second-order valence-corrected chi connectivity index (χ2v) is 5.25. The monoisotopic (exact) mass is 212 g/mol. The lowest BCUT2D eigenvalue weighted by molar-refractivity contribution is 0.216. The molecule has 1 aliphatic carbocycles. The Morgan fingerprint density at radius 3 is 2.33 bits per heavy atom. The molecule has 0 heterocycles. The van der Waals surface area contributed by atoms with Crippen molar-refractivity contribution < 1.29 is 0 Å². The third-order valence-corrected chi connectivity index (χ3v) is 3.62. The first-order chi connectivity index (χ1) is 7.20. The topological polar surface area (TPSA) is 29.3 Å². The van der Waals surface area contributed by atoms with E-state index in [1.165, 1.54) is 51.5 Å². The molecule has 0 aromatic rings. The van der Waals surface area contributed by atoms with E-state index in [0.717, 1.165) is 12.5 Å². The van der Waals surface area contributed by atoms with Gasteiger partial charge in [0.1, 0.15) is 0 Å². The summed E-state index contributed by atoms with van der Waals surface area (Å²) < 4.78 is 0. The molecule has 1 saturated carbocycles. The summed E-state index contributed by atoms with van der Waals surface area (Å²) >= 11 is 0. The molecule has 90 valence electrons. The van der Waals surface area contributed by atoms with E-state index in [2.05, 4.69) is 18.9 Å². The van der Waals surface area contributed by atoms with E-state index in [0.29, 0.717) is 6.04 Å². The zero-order valence-corrected chi connectivity index (χ0v) is 10.5. The largest absolute Gasteiger partial charge is 0.328 e. The van der Waals surface area contributed by atoms with E-state index >= 15 is 0 Å². The van der Waals surface area contributed by atoms with E-state index in [1.54, 1.807) is 0 Å². The van der Waals surface area contributed by atoms with Crippen molar-refractivity contribution in [3.05, 3.63) is 0 Å². The first kappa shape index (κ1) is 13.0. The van der Waals surface area contributed by atoms with Crippen molar-refractivity contribution in [2.24, 2.45) is 5.73 Å². The van der Waals surface area contributed by atoms with Gasteiger partial charge in [0.05, 0.1) is 0 Å². The molecule has 2 nitrogen and oxygen atoms in total. The zero-order valence-electron chi connectivity index (χ0n) is 10.5. The van der Waals surface area contributed by atoms with Crippen LogP contribution in [-0.4, -0.2) is 30.6 Å². The zero-order chi connectivity index (χ0) is 11.1. The van der Waals surface area contributed by atoms with Gasteiger partial charge in [-0.05, 0) is 46.2 Å². The number of nitrogens with two attached hydrogens (primary N) is 1. The minimum Gasteiger partial charge on any atom is -0.328 e. The standard InChI is InChI=1S/C13H28N2/c1-12(14)8-7-11-15(2)13-9-5-3-4-6-10-13/h12-13H,3-11,14H2,1-2H3. The van der Waals surface area contributed by atoms with Crippen molar-refractivity contribution in [3.8, 4) is 0 Å². The molecule has 0 aliphatic heterocycles. The van der Waals surface area contributed by atoms with Crippen LogP contribution >= 0.6 is 0 Å². The highest BCUT2D eigenvalue weighted by molar-refractivity contribution is 4.72. The first-order valence-electron chi connectivity index (χ1n) is 6.66. The molecule has 1 unspecified atom stereocenters. The summed E-state index contributed by atoms with van der Waals surface area (Å²) in [5, 5.41) is 0. The van der Waals surface area contributed by atoms with Gasteiger partial charge in [-0.25, -0.2) is 0 Å². The van der Waals surface area contributed by atoms with Gasteiger partial charge in [-0.2, -0.15) is 0 Å². The molecule has 1 rings (SSSR count). The number of hydrogen-bond acceptors (Lipinski definition) is 2. The van der Waals surface area contributed by atoms with E-state index in [1.807, 2.05) is 0 Å². The van der Waals surface area contributed by atoms with Crippen LogP contribution in [0.25, 0.3) is 0 Å². The maximum Gasteiger partial charge on any atom is 0.00922 e. The summed E-state index contributed by atoms with van der Waals surface area (Å²) in [6.45, 7) is 3.33. The van der Waals surface area contributed by atoms with Gasteiger partial charge in [0.25, 0.3) is 0 Å². The minimum absolute atomic E-state index is 0.368. The quantitative estimate of drug-likeness (QED) is 0.710. The lowest BCUT2D eigenvalue weighted by Crippen LogP contribution is -2.32. The lowest BCUT2D eigenvalue weighted by atomic mass is 10.1. The summed E-state index contributed by atoms with van der Waals surface area (Å²) in [5.74, 6) is 0. The molecule has 0 amide bonds. The van der Waals surface area contributed by atoms with Crippen LogP contribution in [0.15, 0.2) is 0 Å². The fourth-order valence-corrected chi connectivity index (χ4v) is 2.54. The minimum atomic E-state index is 0.368. The Bertz CT molecular complexity index is 149. The third-order valence-electron chi connectivity index (χ3n) is 3.62. The Hall–Kier alpha value is -0.0800. The molecule has 0 spiro atoms. The van der Waals surface area contributed by atoms with Crippen LogP contribution in [0.2, 0.25) is 0 Å². The average Bonchev–Trinajstić information content (AvgIpc) is 2.44. The van der Waals surface area contributed by atoms with Gasteiger partial charge in [0.15, 0.2) is 0 Å². The van der Waals surface area contributed by atoms with Crippen LogP contribution in [0.3, 0.4) is 0 Å². The molecule has 15 heavy (non-hydrogen) atoms. The van der Waals surface area contributed by atoms with E-state index in [4.69, 9.17) is 5.73 Å². The van der Waals surface area contributed by atoms with Crippen LogP contribution in [0.5, 0.6) is 0 Å². The van der Waals surface area contributed by atoms with Gasteiger partial charge in [-0.1, -0.05) is 25.7 Å². The second-order valence-electron chi connectivity index (χ2n) is 5.25. The molecule has 1 fully saturated rings. The summed E-state index contributed by atoms with van der Waals surface area (Å²) in [5.41, 5.74) is 5.76. The van der Waals surface area contributed by atoms with Crippen molar-refractivity contribution in [2.75, 3.05) is 13.6 Å². The van der Waals surface area contributed by atoms with Crippen molar-refractivity contribution in [3.63, 3.8) is 0 Å². The molecule has 1 aliphatic rings. The van der Waals surface area contributed by atoms with E-state index < -0.39 is 0 Å². The van der Waals surface area contributed by atoms with Crippen molar-refractivity contribution in [1.29, 1.82) is 0 Å². The summed E-state index contributed by atoms with van der Waals surface area (Å²) in [4.78, 5) is 2.56. The molecule has 1 atom stereocenters. The third kappa shape index (κ3) is 5.53. The van der Waals surface area contributed by atoms with E-state index in [-0.39, 0.29) is 0 Å². The predicted molar refractivity (Wildman–Crippen MR) is 67.0 cm³/mol. The molecule has 2 N–H and O–H groups in total. The van der Waals surface area contributed by atoms with Crippen LogP contribution in [0, 0.1) is 0 Å². The SMILES string of the molecule is CC(N)CCCN(C)C1CCCCCC1. The van der Waals surface area contributed by atoms with Crippen molar-refractivity contribution in [2.45, 2.75) is 70.4 Å². The molecule has 0 saturated heterocycles. The van der Waals surface area contributed by atoms with Gasteiger partial charge in [0.2, 0.25) is 0 Å². The highest BCUT2D eigenvalue weighted by atomic mass is 15.1. The first-order valence-corrected chi connectivity index (χ1v) is 6.66. The molecular weight excluding hydrogens is 184 g/mol. The molecule has 0 aromatic heterocycles. The normalized spacial score (nSPS) is 21.6. The Morgan fingerprint density at radius 2 is 1.80 bits per heavy atom. The van der Waals surface area contributed by atoms with E-state index in [9.17, 15) is 0 Å². The fraction of sp³-hybridized carbons (Fsp3) is 1.00. The number of nitrogens with zero attached hydrogens (tertiary/aromatic N) is 1. The van der Waals surface area contributed by atoms with Gasteiger partial charge < -0.3 is 10.6 Å². The molecule has 0 bridgehead atoms. The highest BCUT2D eigenvalue weighted by Crippen LogP contribution is 2.21. The van der Waals surface area contributed by atoms with Crippen LogP contribution < -0.4 is 5.73 Å². The predicted octanol–water partition coefficient (Wildman–Crippen LogP) is 2.77. The van der Waals surface area contributed by atoms with Crippen molar-refractivity contribution >= 4 is 0 Å². The van der Waals surface area contributed by atoms with Gasteiger partial charge in [-0.15, -0.1) is 0 Å². The van der Waals surface area contributed by atoms with Crippen LogP contribution in [-0.2, 0) is 0 Å². The van der Waals surface area contributed by atoms with Crippen LogP contribution in [0.1, 0.15) is 58.3 Å². The summed E-state index contributed by atoms with van der Waals surface area (Å²) in [6, 6.07) is 1.22. The maximum atomic E-state index is 5.76. The average molecular weight is 212 g/mol. The second kappa shape index (κ2) is 7.24. The van der Waals surface area contributed by atoms with Crippen molar-refractivity contribution in [1.82, 2.24) is 4.90 Å². The molecule has 0 aromatic carbocycles. The lowest BCUT2D eigenvalue weighted by Gasteiger charge is -2.27. The van der Waals surface area contributed by atoms with Gasteiger partial charge in [0, 0.05) is 12.1 Å². The Morgan fingerprint density at radius 1 is 1.20 bits per heavy atom. The highest BCUT2D eigenvalue weighted by Gasteiger charge is 2.16. The summed E-state index contributed by atoms with van der Waals surface area (Å²) in [6.07, 6.45) is 11.0. The maximum absolute atomic E-state index is 5.76. The van der Waals surface area contributed by atoms with Gasteiger partial charge in [-0.3, -0.25) is 0 Å². The Balaban J connectivity index is 2.16. The Kier molecular flexibility index (Phi) is 6.26. The number of hydrogen-bond donors (Lipinski definition) is 1. The summed E-state index contributed by atoms with van der Waals surface area (Å²) in [7, 11) is 2.29. The Labute approximate surface area is 95.2 Å². The van der Waals surface area contributed by atoms with Crippen LogP contribution in [0.4, 0.5) is 0 Å². The molecule has 2 heteroatoms. The number of rotatable bonds is 5. The van der Waals surface area contributed by atoms with Gasteiger partial charge >= 0.3 is 0 Å². The smallest absolute Gasteiger partial charge is 0.00922 e. The molecule has 0 radical (unpaired) electrons. The fourth-order valence-electron chi connectivity index (χ4n) is 2.54. The molecular formula is C13H28N2.